The first-order valence-corrected chi connectivity index (χ1v) is 7.90. The van der Waals surface area contributed by atoms with Crippen molar-refractivity contribution in [2.75, 3.05) is 23.8 Å². The second-order valence-electron chi connectivity index (χ2n) is 4.53. The summed E-state index contributed by atoms with van der Waals surface area (Å²) in [6.45, 7) is 3.23. The average Bonchev–Trinajstić information content (AvgIpc) is 2.89. The molecule has 0 saturated carbocycles. The smallest absolute Gasteiger partial charge is 0.149 e. The minimum absolute atomic E-state index is 0.353. The average molecular weight is 339 g/mol. The zero-order valence-corrected chi connectivity index (χ0v) is 13.3. The third-order valence-electron chi connectivity index (χ3n) is 3.56. The maximum Gasteiger partial charge on any atom is 0.149 e. The molecule has 0 radical (unpaired) electrons. The third-order valence-corrected chi connectivity index (χ3v) is 5.28. The maximum atomic E-state index is 4.45. The molecule has 19 heavy (non-hydrogen) atoms. The van der Waals surface area contributed by atoms with Gasteiger partial charge in [-0.05, 0) is 46.3 Å². The van der Waals surface area contributed by atoms with Crippen LogP contribution in [0.2, 0.25) is 0 Å². The van der Waals surface area contributed by atoms with Crippen molar-refractivity contribution in [1.82, 2.24) is 9.97 Å². The van der Waals surface area contributed by atoms with E-state index in [2.05, 4.69) is 54.5 Å². The van der Waals surface area contributed by atoms with Gasteiger partial charge < -0.3 is 10.2 Å². The first-order valence-electron chi connectivity index (χ1n) is 6.23. The van der Waals surface area contributed by atoms with Crippen molar-refractivity contribution < 1.29 is 0 Å². The van der Waals surface area contributed by atoms with E-state index in [0.717, 1.165) is 29.1 Å². The van der Waals surface area contributed by atoms with E-state index in [0.29, 0.717) is 6.04 Å². The molecule has 0 fully saturated rings. The second-order valence-corrected chi connectivity index (χ2v) is 6.32. The highest BCUT2D eigenvalue weighted by atomic mass is 79.9. The Hall–Kier alpha value is -1.14. The first kappa shape index (κ1) is 12.9. The molecule has 1 aliphatic heterocycles. The quantitative estimate of drug-likeness (QED) is 0.910. The number of thiophene rings is 1. The number of fused-ring (bicyclic) bond motifs is 1. The van der Waals surface area contributed by atoms with Crippen LogP contribution in [0, 0.1) is 0 Å². The Bertz CT molecular complexity index is 598. The van der Waals surface area contributed by atoms with Crippen molar-refractivity contribution >= 4 is 38.9 Å². The SMILES string of the molecule is CNc1ncnc(N2CCc3sccc3C2C)c1Br. The van der Waals surface area contributed by atoms with Gasteiger partial charge >= 0.3 is 0 Å². The fraction of sp³-hybridized carbons (Fsp3) is 0.385. The van der Waals surface area contributed by atoms with Gasteiger partial charge in [-0.25, -0.2) is 9.97 Å². The number of hydrogen-bond donors (Lipinski definition) is 1. The van der Waals surface area contributed by atoms with Gasteiger partial charge in [0.15, 0.2) is 0 Å². The summed E-state index contributed by atoms with van der Waals surface area (Å²) in [7, 11) is 1.87. The first-order chi connectivity index (χ1) is 9.22. The van der Waals surface area contributed by atoms with Crippen molar-refractivity contribution in [3.05, 3.63) is 32.7 Å². The van der Waals surface area contributed by atoms with Gasteiger partial charge in [0.05, 0.1) is 6.04 Å². The predicted molar refractivity (Wildman–Crippen MR) is 83.1 cm³/mol. The van der Waals surface area contributed by atoms with E-state index in [1.807, 2.05) is 18.4 Å². The molecule has 1 unspecified atom stereocenters. The summed E-state index contributed by atoms with van der Waals surface area (Å²) in [6.07, 6.45) is 2.70. The van der Waals surface area contributed by atoms with Crippen LogP contribution in [0.1, 0.15) is 23.4 Å². The van der Waals surface area contributed by atoms with Crippen molar-refractivity contribution in [3.63, 3.8) is 0 Å². The summed E-state index contributed by atoms with van der Waals surface area (Å²) < 4.78 is 0.933. The second kappa shape index (κ2) is 5.09. The number of nitrogens with one attached hydrogen (secondary N) is 1. The lowest BCUT2D eigenvalue weighted by Crippen LogP contribution is -2.34. The molecule has 1 aliphatic rings. The van der Waals surface area contributed by atoms with Gasteiger partial charge in [0.1, 0.15) is 22.4 Å². The van der Waals surface area contributed by atoms with E-state index < -0.39 is 0 Å². The fourth-order valence-electron chi connectivity index (χ4n) is 2.53. The molecule has 2 aromatic rings. The Morgan fingerprint density at radius 2 is 2.32 bits per heavy atom. The van der Waals surface area contributed by atoms with Gasteiger partial charge in [-0.15, -0.1) is 11.3 Å². The standard InChI is InChI=1S/C13H15BrN4S/c1-8-9-4-6-19-10(9)3-5-18(8)13-11(14)12(15-2)16-7-17-13/h4,6-8H,3,5H2,1-2H3,(H,15,16,17). The Kier molecular flexibility index (Phi) is 3.45. The number of aromatic nitrogens is 2. The van der Waals surface area contributed by atoms with Crippen LogP contribution in [0.25, 0.3) is 0 Å². The molecule has 3 rings (SSSR count). The Labute approximate surface area is 125 Å². The lowest BCUT2D eigenvalue weighted by Gasteiger charge is -2.35. The van der Waals surface area contributed by atoms with Crippen molar-refractivity contribution in [3.8, 4) is 0 Å². The van der Waals surface area contributed by atoms with Crippen molar-refractivity contribution in [1.29, 1.82) is 0 Å². The molecular weight excluding hydrogens is 324 g/mol. The largest absolute Gasteiger partial charge is 0.372 e. The topological polar surface area (TPSA) is 41.1 Å². The molecule has 2 aromatic heterocycles. The fourth-order valence-corrected chi connectivity index (χ4v) is 4.13. The van der Waals surface area contributed by atoms with E-state index in [4.69, 9.17) is 0 Å². The van der Waals surface area contributed by atoms with Gasteiger partial charge in [0.2, 0.25) is 0 Å². The van der Waals surface area contributed by atoms with Crippen LogP contribution in [0.15, 0.2) is 22.2 Å². The molecular formula is C13H15BrN4S. The molecule has 1 N–H and O–H groups in total. The van der Waals surface area contributed by atoms with E-state index in [1.54, 1.807) is 6.33 Å². The summed E-state index contributed by atoms with van der Waals surface area (Å²) >= 11 is 5.46. The lowest BCUT2D eigenvalue weighted by molar-refractivity contribution is 0.623. The highest BCUT2D eigenvalue weighted by Gasteiger charge is 2.27. The maximum absolute atomic E-state index is 4.45. The number of rotatable bonds is 2. The van der Waals surface area contributed by atoms with Crippen molar-refractivity contribution in [2.45, 2.75) is 19.4 Å². The van der Waals surface area contributed by atoms with Crippen LogP contribution in [0.5, 0.6) is 0 Å². The van der Waals surface area contributed by atoms with Crippen LogP contribution in [-0.4, -0.2) is 23.6 Å². The van der Waals surface area contributed by atoms with E-state index in [-0.39, 0.29) is 0 Å². The normalized spacial score (nSPS) is 18.3. The number of halogens is 1. The molecule has 1 atom stereocenters. The third kappa shape index (κ3) is 2.12. The number of anilines is 2. The van der Waals surface area contributed by atoms with E-state index in [9.17, 15) is 0 Å². The van der Waals surface area contributed by atoms with Gasteiger partial charge in [0, 0.05) is 18.5 Å². The van der Waals surface area contributed by atoms with Crippen LogP contribution >= 0.6 is 27.3 Å². The van der Waals surface area contributed by atoms with Gasteiger partial charge in [-0.1, -0.05) is 0 Å². The van der Waals surface area contributed by atoms with Gasteiger partial charge in [-0.2, -0.15) is 0 Å². The molecule has 0 amide bonds. The Morgan fingerprint density at radius 1 is 1.47 bits per heavy atom. The minimum Gasteiger partial charge on any atom is -0.372 e. The van der Waals surface area contributed by atoms with Crippen LogP contribution < -0.4 is 10.2 Å². The minimum atomic E-state index is 0.353. The molecule has 4 nitrogen and oxygen atoms in total. The van der Waals surface area contributed by atoms with Gasteiger partial charge in [-0.3, -0.25) is 0 Å². The Morgan fingerprint density at radius 3 is 3.11 bits per heavy atom. The summed E-state index contributed by atoms with van der Waals surface area (Å²) in [6, 6.07) is 2.58. The highest BCUT2D eigenvalue weighted by molar-refractivity contribution is 9.10. The number of nitrogens with zero attached hydrogens (tertiary/aromatic N) is 3. The predicted octanol–water partition coefficient (Wildman–Crippen LogP) is 3.47. The number of hydrogen-bond acceptors (Lipinski definition) is 5. The van der Waals surface area contributed by atoms with E-state index >= 15 is 0 Å². The zero-order chi connectivity index (χ0) is 13.4. The summed E-state index contributed by atoms with van der Waals surface area (Å²) in [5.41, 5.74) is 1.42. The summed E-state index contributed by atoms with van der Waals surface area (Å²) in [4.78, 5) is 12.5. The van der Waals surface area contributed by atoms with Crippen LogP contribution in [0.4, 0.5) is 11.6 Å². The van der Waals surface area contributed by atoms with Crippen LogP contribution in [0.3, 0.4) is 0 Å². The molecule has 0 aliphatic carbocycles. The zero-order valence-electron chi connectivity index (χ0n) is 10.9. The summed E-state index contributed by atoms with van der Waals surface area (Å²) in [5, 5.41) is 5.26. The Balaban J connectivity index is 2.00. The highest BCUT2D eigenvalue weighted by Crippen LogP contribution is 2.39. The molecule has 0 bridgehead atoms. The molecule has 0 spiro atoms. The molecule has 100 valence electrons. The molecule has 3 heterocycles. The van der Waals surface area contributed by atoms with Gasteiger partial charge in [0.25, 0.3) is 0 Å². The van der Waals surface area contributed by atoms with Crippen LogP contribution in [-0.2, 0) is 6.42 Å². The molecule has 0 saturated heterocycles. The molecule has 0 aromatic carbocycles. The molecule has 6 heteroatoms. The monoisotopic (exact) mass is 338 g/mol. The van der Waals surface area contributed by atoms with E-state index in [1.165, 1.54) is 10.4 Å². The lowest BCUT2D eigenvalue weighted by atomic mass is 10.0. The van der Waals surface area contributed by atoms with Crippen molar-refractivity contribution in [2.24, 2.45) is 0 Å². The summed E-state index contributed by atoms with van der Waals surface area (Å²) in [5.74, 6) is 1.79.